The van der Waals surface area contributed by atoms with E-state index in [1.54, 1.807) is 38.6 Å². The van der Waals surface area contributed by atoms with Crippen LogP contribution >= 0.6 is 11.8 Å². The summed E-state index contributed by atoms with van der Waals surface area (Å²) in [6.45, 7) is 18.2. The van der Waals surface area contributed by atoms with E-state index in [0.717, 1.165) is 36.6 Å². The number of carbonyl (C=O) groups excluding carboxylic acids is 3. The Morgan fingerprint density at radius 3 is 2.07 bits per heavy atom. The van der Waals surface area contributed by atoms with Crippen LogP contribution in [0.5, 0.6) is 0 Å². The Labute approximate surface area is 278 Å². The second-order valence-corrected chi connectivity index (χ2v) is 14.1. The number of anilines is 3. The van der Waals surface area contributed by atoms with Crippen LogP contribution < -0.4 is 14.7 Å². The van der Waals surface area contributed by atoms with Gasteiger partial charge in [-0.25, -0.2) is 0 Å². The Morgan fingerprint density at radius 1 is 0.957 bits per heavy atom. The van der Waals surface area contributed by atoms with Crippen LogP contribution in [-0.4, -0.2) is 82.6 Å². The van der Waals surface area contributed by atoms with E-state index in [1.807, 2.05) is 61.5 Å². The van der Waals surface area contributed by atoms with Gasteiger partial charge in [0.25, 0.3) is 5.91 Å². The number of benzene rings is 2. The van der Waals surface area contributed by atoms with E-state index in [-0.39, 0.29) is 42.0 Å². The second kappa shape index (κ2) is 14.1. The number of hydrogen-bond donors (Lipinski definition) is 1. The molecule has 3 aliphatic rings. The molecule has 246 valence electrons. The molecule has 1 N–H and O–H groups in total. The Hall–Kier alpha value is -3.56. The van der Waals surface area contributed by atoms with E-state index in [9.17, 15) is 14.7 Å². The van der Waals surface area contributed by atoms with Crippen molar-refractivity contribution in [3.05, 3.63) is 79.9 Å². The van der Waals surface area contributed by atoms with Gasteiger partial charge in [0.15, 0.2) is 0 Å². The smallest absolute Gasteiger partial charge is 0.251 e. The Morgan fingerprint density at radius 2 is 1.52 bits per heavy atom. The molecule has 1 spiro atoms. The highest BCUT2D eigenvalue weighted by Gasteiger charge is 2.77. The summed E-state index contributed by atoms with van der Waals surface area (Å²) in [4.78, 5) is 51.6. The molecule has 9 heteroatoms. The first-order valence-corrected chi connectivity index (χ1v) is 17.5. The molecule has 5 rings (SSSR count). The summed E-state index contributed by atoms with van der Waals surface area (Å²) in [5.41, 5.74) is 2.55. The Bertz CT molecular complexity index is 1430. The van der Waals surface area contributed by atoms with Gasteiger partial charge in [-0.3, -0.25) is 14.4 Å². The number of amides is 3. The summed E-state index contributed by atoms with van der Waals surface area (Å²) < 4.78 is -0.807. The molecule has 3 unspecified atom stereocenters. The van der Waals surface area contributed by atoms with Crippen LogP contribution in [0, 0.1) is 17.8 Å². The average Bonchev–Trinajstić information content (AvgIpc) is 3.67. The lowest BCUT2D eigenvalue weighted by molar-refractivity contribution is -0.142. The average molecular weight is 645 g/mol. The lowest BCUT2D eigenvalue weighted by atomic mass is 9.65. The molecule has 46 heavy (non-hydrogen) atoms. The number of para-hydroxylation sites is 1. The van der Waals surface area contributed by atoms with Gasteiger partial charge in [-0.15, -0.1) is 24.9 Å². The molecule has 3 aliphatic heterocycles. The minimum absolute atomic E-state index is 0.0100. The molecule has 0 radical (unpaired) electrons. The molecule has 0 saturated carbocycles. The topological polar surface area (TPSA) is 84.4 Å². The zero-order valence-corrected chi connectivity index (χ0v) is 28.4. The second-order valence-electron chi connectivity index (χ2n) is 12.5. The number of aliphatic hydroxyl groups excluding tert-OH is 1. The fourth-order valence-corrected chi connectivity index (χ4v) is 10.5. The van der Waals surface area contributed by atoms with Gasteiger partial charge in [0.2, 0.25) is 11.8 Å². The summed E-state index contributed by atoms with van der Waals surface area (Å²) >= 11 is 1.65. The highest BCUT2D eigenvalue weighted by molar-refractivity contribution is 8.02. The molecule has 3 heterocycles. The predicted octanol–water partition coefficient (Wildman–Crippen LogP) is 5.38. The third kappa shape index (κ3) is 5.45. The SMILES string of the molecule is C=CCN(C(=O)C1N([C@@H](CC)CO)C(=O)[C@@H]2[C@H](C(=O)N(CC=C)c3ccccc3)[C@@H]3CC(C)C12S3)c1ccc(N(CC)CC)cc1. The molecule has 2 bridgehead atoms. The Kier molecular flexibility index (Phi) is 10.3. The normalized spacial score (nSPS) is 26.8. The van der Waals surface area contributed by atoms with E-state index >= 15 is 4.79 Å². The van der Waals surface area contributed by atoms with E-state index in [4.69, 9.17) is 0 Å². The molecule has 0 aliphatic carbocycles. The fourth-order valence-electron chi connectivity index (χ4n) is 8.10. The number of aliphatic hydroxyl groups is 1. The van der Waals surface area contributed by atoms with E-state index in [1.165, 1.54) is 0 Å². The van der Waals surface area contributed by atoms with Crippen LogP contribution in [0.1, 0.15) is 40.5 Å². The van der Waals surface area contributed by atoms with Crippen LogP contribution in [0.25, 0.3) is 0 Å². The predicted molar refractivity (Wildman–Crippen MR) is 188 cm³/mol. The van der Waals surface area contributed by atoms with Gasteiger partial charge in [0.1, 0.15) is 6.04 Å². The van der Waals surface area contributed by atoms with E-state index < -0.39 is 28.7 Å². The van der Waals surface area contributed by atoms with Crippen LogP contribution in [0.4, 0.5) is 17.1 Å². The zero-order chi connectivity index (χ0) is 33.2. The molecule has 7 atom stereocenters. The number of hydrogen-bond acceptors (Lipinski definition) is 6. The maximum atomic E-state index is 15.0. The van der Waals surface area contributed by atoms with Crippen molar-refractivity contribution in [1.29, 1.82) is 0 Å². The van der Waals surface area contributed by atoms with Crippen LogP contribution in [0.15, 0.2) is 79.9 Å². The van der Waals surface area contributed by atoms with Gasteiger partial charge in [-0.1, -0.05) is 44.2 Å². The molecular formula is C37H48N4O4S. The Balaban J connectivity index is 1.59. The third-order valence-electron chi connectivity index (χ3n) is 10.3. The summed E-state index contributed by atoms with van der Waals surface area (Å²) in [7, 11) is 0. The quantitative estimate of drug-likeness (QED) is 0.278. The summed E-state index contributed by atoms with van der Waals surface area (Å²) in [6.07, 6.45) is 4.63. The molecule has 3 saturated heterocycles. The lowest BCUT2D eigenvalue weighted by Crippen LogP contribution is -2.59. The highest BCUT2D eigenvalue weighted by atomic mass is 32.2. The number of rotatable bonds is 14. The van der Waals surface area contributed by atoms with E-state index in [0.29, 0.717) is 13.0 Å². The monoisotopic (exact) mass is 644 g/mol. The zero-order valence-electron chi connectivity index (χ0n) is 27.5. The first-order chi connectivity index (χ1) is 22.2. The molecule has 8 nitrogen and oxygen atoms in total. The largest absolute Gasteiger partial charge is 0.394 e. The fraction of sp³-hybridized carbons (Fsp3) is 0.486. The van der Waals surface area contributed by atoms with Crippen LogP contribution in [0.3, 0.4) is 0 Å². The van der Waals surface area contributed by atoms with Gasteiger partial charge >= 0.3 is 0 Å². The number of nitrogens with zero attached hydrogens (tertiary/aromatic N) is 4. The minimum Gasteiger partial charge on any atom is -0.394 e. The van der Waals surface area contributed by atoms with Gasteiger partial charge in [0, 0.05) is 48.5 Å². The van der Waals surface area contributed by atoms with Gasteiger partial charge in [-0.2, -0.15) is 0 Å². The number of fused-ring (bicyclic) bond motifs is 1. The number of thioether (sulfide) groups is 1. The molecule has 2 aromatic rings. The van der Waals surface area contributed by atoms with Crippen molar-refractivity contribution >= 4 is 46.5 Å². The first kappa shape index (κ1) is 33.8. The maximum absolute atomic E-state index is 15.0. The number of likely N-dealkylation sites (tertiary alicyclic amines) is 1. The van der Waals surface area contributed by atoms with Crippen molar-refractivity contribution in [3.8, 4) is 0 Å². The molecular weight excluding hydrogens is 596 g/mol. The van der Waals surface area contributed by atoms with Crippen molar-refractivity contribution in [3.63, 3.8) is 0 Å². The number of carbonyl (C=O) groups is 3. The summed E-state index contributed by atoms with van der Waals surface area (Å²) in [5.74, 6) is -1.78. The molecule has 3 amide bonds. The minimum atomic E-state index is -0.836. The van der Waals surface area contributed by atoms with Crippen molar-refractivity contribution in [2.45, 2.75) is 62.6 Å². The van der Waals surface area contributed by atoms with E-state index in [2.05, 4.69) is 38.8 Å². The molecule has 0 aromatic heterocycles. The maximum Gasteiger partial charge on any atom is 0.251 e. The summed E-state index contributed by atoms with van der Waals surface area (Å²) in [6, 6.07) is 16.1. The lowest BCUT2D eigenvalue weighted by Gasteiger charge is -2.42. The van der Waals surface area contributed by atoms with Crippen LogP contribution in [-0.2, 0) is 14.4 Å². The van der Waals surface area contributed by atoms with Crippen LogP contribution in [0.2, 0.25) is 0 Å². The first-order valence-electron chi connectivity index (χ1n) is 16.6. The van der Waals surface area contributed by atoms with Crippen molar-refractivity contribution in [2.24, 2.45) is 17.8 Å². The molecule has 3 fully saturated rings. The van der Waals surface area contributed by atoms with Gasteiger partial charge in [-0.05, 0) is 69.0 Å². The molecule has 2 aromatic carbocycles. The summed E-state index contributed by atoms with van der Waals surface area (Å²) in [5, 5.41) is 10.4. The standard InChI is InChI=1S/C37H48N4O4S/c1-7-21-39(28-15-13-12-14-16-28)34(43)31-30-23-25(6)37(46-30)32(31)35(44)41(26(9-3)24-42)33(37)36(45)40(22-8-2)29-19-17-27(18-20-29)38(10-4)11-5/h7-8,12-20,25-26,30-33,42H,1-2,9-11,21-24H2,3-6H3/t25?,26-,30-,31+,32-,33?,37?/m0/s1. The van der Waals surface area contributed by atoms with Crippen molar-refractivity contribution in [2.75, 3.05) is 47.5 Å². The highest BCUT2D eigenvalue weighted by Crippen LogP contribution is 2.69. The van der Waals surface area contributed by atoms with Crippen molar-refractivity contribution in [1.82, 2.24) is 4.90 Å². The van der Waals surface area contributed by atoms with Crippen molar-refractivity contribution < 1.29 is 19.5 Å². The van der Waals surface area contributed by atoms with Gasteiger partial charge < -0.3 is 24.7 Å². The third-order valence-corrected chi connectivity index (χ3v) is 12.4. The van der Waals surface area contributed by atoms with Gasteiger partial charge in [0.05, 0.1) is 29.2 Å².